The van der Waals surface area contributed by atoms with Crippen molar-refractivity contribution in [2.45, 2.75) is 9.79 Å². The fourth-order valence-electron chi connectivity index (χ4n) is 5.94. The fraction of sp³-hybridized carbons (Fsp3) is 0. The molecule has 8 rings (SSSR count). The molecule has 7 aromatic rings. The van der Waals surface area contributed by atoms with Gasteiger partial charge in [0.15, 0.2) is 5.69 Å². The van der Waals surface area contributed by atoms with E-state index in [2.05, 4.69) is 119 Å². The van der Waals surface area contributed by atoms with Gasteiger partial charge in [0.05, 0.1) is 23.3 Å². The fourth-order valence-corrected chi connectivity index (χ4v) is 7.03. The lowest BCUT2D eigenvalue weighted by molar-refractivity contribution is 1.09. The van der Waals surface area contributed by atoms with Gasteiger partial charge in [-0.15, -0.1) is 0 Å². The predicted molar refractivity (Wildman–Crippen MR) is 167 cm³/mol. The van der Waals surface area contributed by atoms with Crippen LogP contribution in [0.15, 0.2) is 143 Å². The number of hydrogen-bond donors (Lipinski definition) is 0. The van der Waals surface area contributed by atoms with Crippen LogP contribution in [0.5, 0.6) is 0 Å². The summed E-state index contributed by atoms with van der Waals surface area (Å²) in [5.74, 6) is 0. The lowest BCUT2D eigenvalue weighted by Gasteiger charge is -2.19. The van der Waals surface area contributed by atoms with Crippen molar-refractivity contribution < 1.29 is 0 Å². The van der Waals surface area contributed by atoms with Crippen molar-refractivity contribution in [2.24, 2.45) is 0 Å². The van der Waals surface area contributed by atoms with Crippen molar-refractivity contribution in [3.8, 4) is 39.1 Å². The van der Waals surface area contributed by atoms with Crippen LogP contribution in [-0.4, -0.2) is 4.57 Å². The van der Waals surface area contributed by atoms with Gasteiger partial charge in [-0.1, -0.05) is 103 Å². The van der Waals surface area contributed by atoms with E-state index in [0.29, 0.717) is 5.69 Å². The number of benzene rings is 6. The van der Waals surface area contributed by atoms with Gasteiger partial charge in [0, 0.05) is 20.6 Å². The molecule has 0 atom stereocenters. The number of hydrogen-bond acceptors (Lipinski definition) is 1. The van der Waals surface area contributed by atoms with Crippen molar-refractivity contribution in [3.05, 3.63) is 145 Å². The van der Waals surface area contributed by atoms with Crippen LogP contribution < -0.4 is 0 Å². The molecule has 40 heavy (non-hydrogen) atoms. The molecule has 6 aromatic carbocycles. The first kappa shape index (κ1) is 22.9. The van der Waals surface area contributed by atoms with Gasteiger partial charge in [0.1, 0.15) is 0 Å². The minimum atomic E-state index is 0.666. The van der Waals surface area contributed by atoms with Crippen LogP contribution in [0.25, 0.3) is 65.7 Å². The van der Waals surface area contributed by atoms with Crippen LogP contribution >= 0.6 is 11.8 Å². The van der Waals surface area contributed by atoms with Gasteiger partial charge >= 0.3 is 0 Å². The molecule has 0 amide bonds. The molecule has 0 fully saturated rings. The first-order chi connectivity index (χ1) is 19.8. The summed E-state index contributed by atoms with van der Waals surface area (Å²) in [5, 5.41) is 2.53. The molecular weight excluding hydrogens is 504 g/mol. The minimum absolute atomic E-state index is 0.666. The summed E-state index contributed by atoms with van der Waals surface area (Å²) < 4.78 is 2.42. The summed E-state index contributed by atoms with van der Waals surface area (Å²) >= 11 is 1.85. The van der Waals surface area contributed by atoms with E-state index in [-0.39, 0.29) is 0 Å². The van der Waals surface area contributed by atoms with E-state index < -0.39 is 0 Å². The Morgan fingerprint density at radius 3 is 2.12 bits per heavy atom. The number of fused-ring (bicyclic) bond motifs is 5. The second-order valence-corrected chi connectivity index (χ2v) is 11.2. The van der Waals surface area contributed by atoms with E-state index in [0.717, 1.165) is 27.8 Å². The molecule has 0 saturated carbocycles. The average Bonchev–Trinajstić information content (AvgIpc) is 3.36. The molecule has 0 radical (unpaired) electrons. The molecule has 3 heteroatoms. The summed E-state index contributed by atoms with van der Waals surface area (Å²) in [5.41, 5.74) is 10.9. The Labute approximate surface area is 237 Å². The highest BCUT2D eigenvalue weighted by Crippen LogP contribution is 2.47. The van der Waals surface area contributed by atoms with Crippen molar-refractivity contribution in [1.82, 2.24) is 4.57 Å². The number of nitrogens with zero attached hydrogens (tertiary/aromatic N) is 2. The maximum Gasteiger partial charge on any atom is 0.195 e. The molecule has 0 unspecified atom stereocenters. The van der Waals surface area contributed by atoms with Crippen LogP contribution in [0.2, 0.25) is 0 Å². The van der Waals surface area contributed by atoms with Crippen LogP contribution in [0, 0.1) is 6.57 Å². The molecule has 0 N–H and O–H groups in total. The van der Waals surface area contributed by atoms with Gasteiger partial charge in [-0.05, 0) is 75.8 Å². The second-order valence-electron chi connectivity index (χ2n) is 10.1. The maximum absolute atomic E-state index is 7.89. The Balaban J connectivity index is 1.26. The van der Waals surface area contributed by atoms with Gasteiger partial charge in [0.25, 0.3) is 0 Å². The molecule has 0 spiro atoms. The Bertz CT molecular complexity index is 2150. The third kappa shape index (κ3) is 3.51. The minimum Gasteiger partial charge on any atom is -0.307 e. The quantitative estimate of drug-likeness (QED) is 0.208. The van der Waals surface area contributed by atoms with Gasteiger partial charge in [-0.3, -0.25) is 0 Å². The lowest BCUT2D eigenvalue weighted by atomic mass is 9.95. The summed E-state index contributed by atoms with van der Waals surface area (Å²) in [6.45, 7) is 7.89. The van der Waals surface area contributed by atoms with Gasteiger partial charge in [-0.2, -0.15) is 0 Å². The zero-order valence-electron chi connectivity index (χ0n) is 21.5. The molecule has 2 nitrogen and oxygen atoms in total. The zero-order chi connectivity index (χ0) is 26.6. The molecule has 1 aliphatic heterocycles. The number of para-hydroxylation sites is 2. The maximum atomic E-state index is 7.89. The van der Waals surface area contributed by atoms with E-state index in [1.165, 1.54) is 42.8 Å². The van der Waals surface area contributed by atoms with E-state index in [1.807, 2.05) is 36.0 Å². The predicted octanol–water partition coefficient (Wildman–Crippen LogP) is 10.8. The zero-order valence-corrected chi connectivity index (χ0v) is 22.3. The SMILES string of the molecule is [C-]#[N+]c1cc(-c2ccccc2)ccc1-c1cccc(-c2ccc3c(c2)c2cccc4c2n3-c2ccccc2S4)c1. The summed E-state index contributed by atoms with van der Waals surface area (Å²) in [6.07, 6.45) is 0. The molecule has 2 heterocycles. The standard InChI is InChI=1S/C37H22N2S/c1-38-32-23-27(24-9-3-2-4-10-24)17-19-29(32)28-12-7-11-25(21-28)26-18-20-33-31(22-26)30-13-8-16-36-37(30)39(33)34-14-5-6-15-35(34)40-36/h2-23H. The van der Waals surface area contributed by atoms with Gasteiger partial charge in [-0.25, -0.2) is 4.85 Å². The van der Waals surface area contributed by atoms with Crippen molar-refractivity contribution in [1.29, 1.82) is 0 Å². The van der Waals surface area contributed by atoms with Crippen LogP contribution in [-0.2, 0) is 0 Å². The van der Waals surface area contributed by atoms with Crippen LogP contribution in [0.1, 0.15) is 0 Å². The molecule has 0 bridgehead atoms. The largest absolute Gasteiger partial charge is 0.307 e. The Hall–Kier alpha value is -5.04. The van der Waals surface area contributed by atoms with Crippen molar-refractivity contribution >= 4 is 39.3 Å². The molecule has 0 aliphatic carbocycles. The van der Waals surface area contributed by atoms with E-state index in [1.54, 1.807) is 0 Å². The first-order valence-corrected chi connectivity index (χ1v) is 14.1. The smallest absolute Gasteiger partial charge is 0.195 e. The van der Waals surface area contributed by atoms with E-state index in [9.17, 15) is 0 Å². The van der Waals surface area contributed by atoms with Crippen molar-refractivity contribution in [3.63, 3.8) is 0 Å². The molecule has 1 aliphatic rings. The topological polar surface area (TPSA) is 9.29 Å². The first-order valence-electron chi connectivity index (χ1n) is 13.3. The highest BCUT2D eigenvalue weighted by molar-refractivity contribution is 7.99. The summed E-state index contributed by atoms with van der Waals surface area (Å²) in [7, 11) is 0. The Morgan fingerprint density at radius 1 is 0.525 bits per heavy atom. The van der Waals surface area contributed by atoms with Gasteiger partial charge in [0.2, 0.25) is 0 Å². The average molecular weight is 527 g/mol. The monoisotopic (exact) mass is 526 g/mol. The lowest BCUT2D eigenvalue weighted by Crippen LogP contribution is -2.00. The van der Waals surface area contributed by atoms with E-state index >= 15 is 0 Å². The molecular formula is C37H22N2S. The third-order valence-electron chi connectivity index (χ3n) is 7.81. The number of aromatic nitrogens is 1. The third-order valence-corrected chi connectivity index (χ3v) is 8.92. The molecule has 1 aromatic heterocycles. The Morgan fingerprint density at radius 2 is 1.23 bits per heavy atom. The second kappa shape index (κ2) is 9.02. The highest BCUT2D eigenvalue weighted by atomic mass is 32.2. The van der Waals surface area contributed by atoms with Crippen molar-refractivity contribution in [2.75, 3.05) is 0 Å². The number of rotatable bonds is 3. The van der Waals surface area contributed by atoms with Crippen LogP contribution in [0.4, 0.5) is 5.69 Å². The molecule has 186 valence electrons. The summed E-state index contributed by atoms with van der Waals surface area (Å²) in [4.78, 5) is 6.48. The normalized spacial score (nSPS) is 11.9. The van der Waals surface area contributed by atoms with Crippen LogP contribution in [0.3, 0.4) is 0 Å². The highest BCUT2D eigenvalue weighted by Gasteiger charge is 2.22. The summed E-state index contributed by atoms with van der Waals surface area (Å²) in [6, 6.07) is 47.1. The van der Waals surface area contributed by atoms with Gasteiger partial charge < -0.3 is 4.57 Å². The van der Waals surface area contributed by atoms with E-state index in [4.69, 9.17) is 6.57 Å². The Kier molecular flexibility index (Phi) is 5.16. The molecule has 0 saturated heterocycles.